The van der Waals surface area contributed by atoms with Crippen molar-refractivity contribution in [1.82, 2.24) is 4.31 Å². The molecule has 1 aliphatic heterocycles. The van der Waals surface area contributed by atoms with Gasteiger partial charge >= 0.3 is 0 Å². The molecule has 6 rings (SSSR count). The number of benzene rings is 4. The number of carbonyl (C=O) groups excluding carboxylic acids is 2. The summed E-state index contributed by atoms with van der Waals surface area (Å²) in [5, 5.41) is 12.4. The molecule has 0 radical (unpaired) electrons. The number of fused-ring (bicyclic) bond motifs is 4. The number of hydrogen-bond donors (Lipinski definition) is 1. The minimum atomic E-state index is -4.12. The highest BCUT2D eigenvalue weighted by Crippen LogP contribution is 2.54. The molecule has 2 unspecified atom stereocenters. The van der Waals surface area contributed by atoms with Gasteiger partial charge in [0.1, 0.15) is 5.75 Å². The van der Waals surface area contributed by atoms with E-state index in [2.05, 4.69) is 0 Å². The summed E-state index contributed by atoms with van der Waals surface area (Å²) in [4.78, 5) is 26.9. The van der Waals surface area contributed by atoms with Gasteiger partial charge in [-0.2, -0.15) is 0 Å². The highest BCUT2D eigenvalue weighted by Gasteiger charge is 2.53. The molecule has 0 amide bonds. The minimum Gasteiger partial charge on any atom is -0.507 e. The third kappa shape index (κ3) is 3.05. The summed E-state index contributed by atoms with van der Waals surface area (Å²) in [6.07, 6.45) is 1.43. The topological polar surface area (TPSA) is 91.8 Å². The maximum atomic E-state index is 13.8. The third-order valence-corrected chi connectivity index (χ3v) is 8.48. The van der Waals surface area contributed by atoms with Crippen molar-refractivity contribution >= 4 is 37.9 Å². The molecule has 6 nitrogen and oxygen atoms in total. The van der Waals surface area contributed by atoms with Gasteiger partial charge in [0.2, 0.25) is 11.6 Å². The van der Waals surface area contributed by atoms with Crippen LogP contribution >= 0.6 is 0 Å². The minimum absolute atomic E-state index is 0.0309. The Morgan fingerprint density at radius 2 is 1.43 bits per heavy atom. The van der Waals surface area contributed by atoms with Crippen LogP contribution in [-0.4, -0.2) is 29.4 Å². The third-order valence-electron chi connectivity index (χ3n) is 6.72. The van der Waals surface area contributed by atoms with Crippen LogP contribution in [-0.2, 0) is 14.8 Å². The Bertz CT molecular complexity index is 1660. The molecule has 35 heavy (non-hydrogen) atoms. The summed E-state index contributed by atoms with van der Waals surface area (Å²) >= 11 is 0. The number of Topliss-reactive ketones (excluding diaryl/α,β-unsaturated/α-hetero) is 2. The van der Waals surface area contributed by atoms with Crippen LogP contribution in [0.3, 0.4) is 0 Å². The van der Waals surface area contributed by atoms with E-state index in [1.54, 1.807) is 72.8 Å². The van der Waals surface area contributed by atoms with E-state index >= 15 is 0 Å². The first-order valence-electron chi connectivity index (χ1n) is 11.1. The molecule has 2 atom stereocenters. The number of hydrogen-bond acceptors (Lipinski definition) is 5. The van der Waals surface area contributed by atoms with Crippen LogP contribution in [0.5, 0.6) is 5.75 Å². The molecular weight excluding hydrogens is 462 g/mol. The van der Waals surface area contributed by atoms with Crippen LogP contribution in [0.2, 0.25) is 0 Å². The molecule has 0 saturated heterocycles. The number of sulfonamides is 1. The lowest BCUT2D eigenvalue weighted by atomic mass is 9.74. The zero-order chi connectivity index (χ0) is 24.3. The fourth-order valence-electron chi connectivity index (χ4n) is 5.12. The van der Waals surface area contributed by atoms with Gasteiger partial charge < -0.3 is 5.11 Å². The normalized spacial score (nSPS) is 19.4. The van der Waals surface area contributed by atoms with E-state index in [4.69, 9.17) is 0 Å². The summed E-state index contributed by atoms with van der Waals surface area (Å²) in [6.45, 7) is 0. The summed E-state index contributed by atoms with van der Waals surface area (Å²) in [5.41, 5.74) is 1.24. The zero-order valence-corrected chi connectivity index (χ0v) is 19.1. The van der Waals surface area contributed by atoms with Gasteiger partial charge in [0.05, 0.1) is 16.9 Å². The van der Waals surface area contributed by atoms with Gasteiger partial charge in [-0.25, -0.2) is 8.42 Å². The van der Waals surface area contributed by atoms with Crippen molar-refractivity contribution in [3.8, 4) is 5.75 Å². The molecule has 0 spiro atoms. The summed E-state index contributed by atoms with van der Waals surface area (Å²) < 4.78 is 28.8. The van der Waals surface area contributed by atoms with E-state index in [0.29, 0.717) is 21.9 Å². The fourth-order valence-corrected chi connectivity index (χ4v) is 6.64. The Morgan fingerprint density at radius 3 is 2.14 bits per heavy atom. The molecule has 4 aromatic carbocycles. The highest BCUT2D eigenvalue weighted by atomic mass is 32.2. The number of ketones is 2. The molecule has 4 aromatic rings. The molecule has 7 heteroatoms. The molecule has 0 fully saturated rings. The molecule has 1 aliphatic carbocycles. The van der Waals surface area contributed by atoms with Crippen LogP contribution in [0.25, 0.3) is 16.3 Å². The van der Waals surface area contributed by atoms with Crippen molar-refractivity contribution in [1.29, 1.82) is 0 Å². The van der Waals surface area contributed by atoms with Crippen molar-refractivity contribution in [2.45, 2.75) is 10.9 Å². The molecule has 172 valence electrons. The predicted molar refractivity (Wildman–Crippen MR) is 131 cm³/mol. The van der Waals surface area contributed by atoms with Gasteiger partial charge in [-0.05, 0) is 34.7 Å². The predicted octanol–water partition coefficient (Wildman–Crippen LogP) is 4.71. The second kappa shape index (κ2) is 7.65. The number of aromatic hydroxyl groups is 1. The van der Waals surface area contributed by atoms with Crippen molar-refractivity contribution in [3.05, 3.63) is 114 Å². The molecular formula is C28H19NO5S. The van der Waals surface area contributed by atoms with Gasteiger partial charge in [0, 0.05) is 22.7 Å². The van der Waals surface area contributed by atoms with Crippen LogP contribution in [0.15, 0.2) is 102 Å². The van der Waals surface area contributed by atoms with Crippen LogP contribution in [0, 0.1) is 5.92 Å². The molecule has 0 saturated carbocycles. The van der Waals surface area contributed by atoms with Crippen molar-refractivity contribution in [2.75, 3.05) is 0 Å². The first-order chi connectivity index (χ1) is 16.9. The van der Waals surface area contributed by atoms with E-state index in [9.17, 15) is 23.1 Å². The Kier molecular flexibility index (Phi) is 4.66. The molecule has 1 heterocycles. The first kappa shape index (κ1) is 21.3. The number of rotatable bonds is 3. The van der Waals surface area contributed by atoms with Gasteiger partial charge in [-0.3, -0.25) is 13.9 Å². The first-order valence-corrected chi connectivity index (χ1v) is 12.5. The number of phenols is 1. The summed E-state index contributed by atoms with van der Waals surface area (Å²) in [7, 11) is -4.12. The number of nitrogens with zero attached hydrogens (tertiary/aromatic N) is 1. The maximum Gasteiger partial charge on any atom is 0.264 e. The Balaban J connectivity index is 1.66. The highest BCUT2D eigenvalue weighted by molar-refractivity contribution is 7.89. The Hall–Kier alpha value is -4.23. The van der Waals surface area contributed by atoms with Gasteiger partial charge in [0.15, 0.2) is 0 Å². The lowest BCUT2D eigenvalue weighted by Crippen LogP contribution is -2.40. The van der Waals surface area contributed by atoms with Crippen LogP contribution in [0.4, 0.5) is 0 Å². The van der Waals surface area contributed by atoms with Crippen molar-refractivity contribution < 1.29 is 23.1 Å². The second-order valence-electron chi connectivity index (χ2n) is 8.62. The fraction of sp³-hybridized carbons (Fsp3) is 0.0714. The number of carbonyl (C=O) groups is 2. The van der Waals surface area contributed by atoms with Gasteiger partial charge in [-0.15, -0.1) is 0 Å². The van der Waals surface area contributed by atoms with Crippen LogP contribution < -0.4 is 0 Å². The SMILES string of the molecule is O=C1C(=O)C2C(c3ccccc3)=CN(S(=O)(=O)c3ccccc3)C2c2c1cc1ccccc1c2O. The largest absolute Gasteiger partial charge is 0.507 e. The van der Waals surface area contributed by atoms with Gasteiger partial charge in [0.25, 0.3) is 10.0 Å². The quantitative estimate of drug-likeness (QED) is 0.428. The van der Waals surface area contributed by atoms with E-state index in [1.165, 1.54) is 18.3 Å². The standard InChI is InChI=1S/C28H19NO5S/c30-26-20-14-8-7-11-18(20)15-21-23(26)25-24(28(32)27(21)31)22(17-9-3-1-4-10-17)16-29(25)35(33,34)19-12-5-2-6-13-19/h1-16,24-25,30H. The van der Waals surface area contributed by atoms with Crippen LogP contribution in [0.1, 0.15) is 27.5 Å². The average Bonchev–Trinajstić information content (AvgIpc) is 3.30. The van der Waals surface area contributed by atoms with Crippen molar-refractivity contribution in [2.24, 2.45) is 5.92 Å². The monoisotopic (exact) mass is 481 g/mol. The average molecular weight is 482 g/mol. The van der Waals surface area contributed by atoms with E-state index in [0.717, 1.165) is 4.31 Å². The summed E-state index contributed by atoms with van der Waals surface area (Å²) in [5.74, 6) is -2.70. The maximum absolute atomic E-state index is 13.8. The van der Waals surface area contributed by atoms with E-state index < -0.39 is 33.5 Å². The van der Waals surface area contributed by atoms with E-state index in [1.807, 2.05) is 6.07 Å². The summed E-state index contributed by atoms with van der Waals surface area (Å²) in [6, 6.07) is 24.3. The zero-order valence-electron chi connectivity index (χ0n) is 18.3. The lowest BCUT2D eigenvalue weighted by molar-refractivity contribution is -0.118. The molecule has 0 bridgehead atoms. The van der Waals surface area contributed by atoms with E-state index in [-0.39, 0.29) is 21.8 Å². The molecule has 1 N–H and O–H groups in total. The number of phenolic OH excluding ortho intramolecular Hbond substituents is 1. The Labute approximate surface area is 201 Å². The molecule has 0 aromatic heterocycles. The molecule has 2 aliphatic rings. The smallest absolute Gasteiger partial charge is 0.264 e. The van der Waals surface area contributed by atoms with Gasteiger partial charge in [-0.1, -0.05) is 72.8 Å². The lowest BCUT2D eigenvalue weighted by Gasteiger charge is -2.34. The second-order valence-corrected chi connectivity index (χ2v) is 10.5. The van der Waals surface area contributed by atoms with Crippen molar-refractivity contribution in [3.63, 3.8) is 0 Å². The Morgan fingerprint density at radius 1 is 0.800 bits per heavy atom.